The molecular formula is C11H10BrNO2. The van der Waals surface area contributed by atoms with Gasteiger partial charge in [0, 0.05) is 10.9 Å². The Labute approximate surface area is 96.1 Å². The lowest BCUT2D eigenvalue weighted by molar-refractivity contribution is -0.117. The zero-order valence-electron chi connectivity index (χ0n) is 8.07. The van der Waals surface area contributed by atoms with Crippen LogP contribution in [0.3, 0.4) is 0 Å². The van der Waals surface area contributed by atoms with Gasteiger partial charge in [-0.05, 0) is 24.6 Å². The molecule has 0 saturated carbocycles. The predicted molar refractivity (Wildman–Crippen MR) is 60.1 cm³/mol. The first-order valence-electron chi connectivity index (χ1n) is 5.00. The Morgan fingerprint density at radius 2 is 2.33 bits per heavy atom. The summed E-state index contributed by atoms with van der Waals surface area (Å²) in [4.78, 5) is 13.6. The van der Waals surface area contributed by atoms with E-state index in [2.05, 4.69) is 15.9 Å². The number of ether oxygens (including phenoxy) is 1. The lowest BCUT2D eigenvalue weighted by Crippen LogP contribution is -2.40. The van der Waals surface area contributed by atoms with Crippen LogP contribution in [0.25, 0.3) is 0 Å². The molecule has 15 heavy (non-hydrogen) atoms. The van der Waals surface area contributed by atoms with E-state index in [1.807, 2.05) is 23.1 Å². The second-order valence-electron chi connectivity index (χ2n) is 3.88. The molecule has 1 aromatic rings. The van der Waals surface area contributed by atoms with Crippen molar-refractivity contribution in [2.24, 2.45) is 0 Å². The molecule has 2 aliphatic heterocycles. The number of fused-ring (bicyclic) bond motifs is 3. The summed E-state index contributed by atoms with van der Waals surface area (Å²) in [5.41, 5.74) is 0.906. The van der Waals surface area contributed by atoms with Gasteiger partial charge in [-0.3, -0.25) is 4.79 Å². The van der Waals surface area contributed by atoms with Gasteiger partial charge in [0.25, 0.3) is 0 Å². The van der Waals surface area contributed by atoms with Crippen LogP contribution in [0, 0.1) is 0 Å². The molecule has 1 atom stereocenters. The number of nitrogens with zero attached hydrogens (tertiary/aromatic N) is 1. The maximum absolute atomic E-state index is 11.7. The quantitative estimate of drug-likeness (QED) is 0.722. The molecule has 1 aromatic carbocycles. The van der Waals surface area contributed by atoms with Crippen molar-refractivity contribution >= 4 is 27.5 Å². The van der Waals surface area contributed by atoms with Crippen molar-refractivity contribution in [2.45, 2.75) is 18.9 Å². The SMILES string of the molecule is O=C1CCC2COc3ccc(Br)cc3N12. The third kappa shape index (κ3) is 1.35. The van der Waals surface area contributed by atoms with E-state index in [1.165, 1.54) is 0 Å². The Kier molecular flexibility index (Phi) is 1.99. The highest BCUT2D eigenvalue weighted by molar-refractivity contribution is 9.10. The highest BCUT2D eigenvalue weighted by atomic mass is 79.9. The van der Waals surface area contributed by atoms with Crippen LogP contribution in [0.2, 0.25) is 0 Å². The predicted octanol–water partition coefficient (Wildman–Crippen LogP) is 2.34. The van der Waals surface area contributed by atoms with Gasteiger partial charge in [-0.15, -0.1) is 0 Å². The summed E-state index contributed by atoms with van der Waals surface area (Å²) in [6, 6.07) is 6.02. The summed E-state index contributed by atoms with van der Waals surface area (Å²) in [6.07, 6.45) is 1.55. The van der Waals surface area contributed by atoms with Gasteiger partial charge in [-0.2, -0.15) is 0 Å². The number of anilines is 1. The Hall–Kier alpha value is -1.03. The van der Waals surface area contributed by atoms with Gasteiger partial charge >= 0.3 is 0 Å². The van der Waals surface area contributed by atoms with E-state index >= 15 is 0 Å². The number of hydrogen-bond acceptors (Lipinski definition) is 2. The Balaban J connectivity index is 2.12. The van der Waals surface area contributed by atoms with Crippen LogP contribution >= 0.6 is 15.9 Å². The van der Waals surface area contributed by atoms with E-state index < -0.39 is 0 Å². The summed E-state index contributed by atoms with van der Waals surface area (Å²) in [7, 11) is 0. The molecule has 3 nitrogen and oxygen atoms in total. The van der Waals surface area contributed by atoms with E-state index in [4.69, 9.17) is 4.74 Å². The van der Waals surface area contributed by atoms with Gasteiger partial charge < -0.3 is 9.64 Å². The zero-order valence-corrected chi connectivity index (χ0v) is 9.66. The molecule has 0 spiro atoms. The van der Waals surface area contributed by atoms with Crippen molar-refractivity contribution in [2.75, 3.05) is 11.5 Å². The van der Waals surface area contributed by atoms with Crippen molar-refractivity contribution in [1.82, 2.24) is 0 Å². The fraction of sp³-hybridized carbons (Fsp3) is 0.364. The van der Waals surface area contributed by atoms with Crippen molar-refractivity contribution in [3.63, 3.8) is 0 Å². The molecular weight excluding hydrogens is 258 g/mol. The first-order chi connectivity index (χ1) is 7.25. The van der Waals surface area contributed by atoms with Gasteiger partial charge in [-0.1, -0.05) is 15.9 Å². The lowest BCUT2D eigenvalue weighted by Gasteiger charge is -2.31. The van der Waals surface area contributed by atoms with Crippen molar-refractivity contribution in [3.05, 3.63) is 22.7 Å². The van der Waals surface area contributed by atoms with Crippen LogP contribution in [0.1, 0.15) is 12.8 Å². The number of carbonyl (C=O) groups is 1. The fourth-order valence-corrected chi connectivity index (χ4v) is 2.57. The molecule has 0 aromatic heterocycles. The minimum atomic E-state index is 0.211. The molecule has 2 aliphatic rings. The number of benzene rings is 1. The largest absolute Gasteiger partial charge is 0.489 e. The summed E-state index contributed by atoms with van der Waals surface area (Å²) < 4.78 is 6.60. The summed E-state index contributed by atoms with van der Waals surface area (Å²) >= 11 is 3.41. The van der Waals surface area contributed by atoms with Crippen LogP contribution in [0.4, 0.5) is 5.69 Å². The second kappa shape index (κ2) is 3.23. The molecule has 0 bridgehead atoms. The Morgan fingerprint density at radius 3 is 3.20 bits per heavy atom. The highest BCUT2D eigenvalue weighted by Crippen LogP contribution is 2.39. The van der Waals surface area contributed by atoms with Crippen LogP contribution < -0.4 is 9.64 Å². The van der Waals surface area contributed by atoms with Gasteiger partial charge in [0.05, 0.1) is 11.7 Å². The van der Waals surface area contributed by atoms with E-state index in [1.54, 1.807) is 0 Å². The molecule has 0 radical (unpaired) electrons. The number of rotatable bonds is 0. The molecule has 0 aliphatic carbocycles. The van der Waals surface area contributed by atoms with Crippen LogP contribution in [-0.2, 0) is 4.79 Å². The zero-order chi connectivity index (χ0) is 10.4. The fourth-order valence-electron chi connectivity index (χ4n) is 2.22. The molecule has 1 amide bonds. The van der Waals surface area contributed by atoms with Crippen molar-refractivity contribution < 1.29 is 9.53 Å². The number of carbonyl (C=O) groups excluding carboxylic acids is 1. The Morgan fingerprint density at radius 1 is 1.47 bits per heavy atom. The van der Waals surface area contributed by atoms with Crippen molar-refractivity contribution in [3.8, 4) is 5.75 Å². The number of hydrogen-bond donors (Lipinski definition) is 0. The average Bonchev–Trinajstić information content (AvgIpc) is 2.60. The smallest absolute Gasteiger partial charge is 0.227 e. The topological polar surface area (TPSA) is 29.5 Å². The molecule has 78 valence electrons. The van der Waals surface area contributed by atoms with Gasteiger partial charge in [0.2, 0.25) is 5.91 Å². The molecule has 0 N–H and O–H groups in total. The van der Waals surface area contributed by atoms with Gasteiger partial charge in [0.1, 0.15) is 12.4 Å². The van der Waals surface area contributed by atoms with Gasteiger partial charge in [-0.25, -0.2) is 0 Å². The normalized spacial score (nSPS) is 23.4. The van der Waals surface area contributed by atoms with Crippen LogP contribution in [0.5, 0.6) is 5.75 Å². The standard InChI is InChI=1S/C11H10BrNO2/c12-7-1-3-10-9(5-7)13-8(6-15-10)2-4-11(13)14/h1,3,5,8H,2,4,6H2. The third-order valence-electron chi connectivity index (χ3n) is 2.94. The van der Waals surface area contributed by atoms with Crippen molar-refractivity contribution in [1.29, 1.82) is 0 Å². The van der Waals surface area contributed by atoms with Gasteiger partial charge in [0.15, 0.2) is 0 Å². The first kappa shape index (κ1) is 9.21. The molecule has 4 heteroatoms. The molecule has 1 saturated heterocycles. The summed E-state index contributed by atoms with van der Waals surface area (Å²) in [5, 5.41) is 0. The lowest BCUT2D eigenvalue weighted by atomic mass is 10.2. The average molecular weight is 268 g/mol. The molecule has 1 fully saturated rings. The third-order valence-corrected chi connectivity index (χ3v) is 3.43. The highest BCUT2D eigenvalue weighted by Gasteiger charge is 2.37. The maximum atomic E-state index is 11.7. The Bertz CT molecular complexity index is 433. The van der Waals surface area contributed by atoms with E-state index in [0.29, 0.717) is 13.0 Å². The van der Waals surface area contributed by atoms with E-state index in [9.17, 15) is 4.79 Å². The minimum Gasteiger partial charge on any atom is -0.489 e. The van der Waals surface area contributed by atoms with E-state index in [0.717, 1.165) is 22.3 Å². The van der Waals surface area contributed by atoms with Crippen LogP contribution in [-0.4, -0.2) is 18.6 Å². The van der Waals surface area contributed by atoms with Crippen LogP contribution in [0.15, 0.2) is 22.7 Å². The summed E-state index contributed by atoms with van der Waals surface area (Å²) in [6.45, 7) is 0.625. The second-order valence-corrected chi connectivity index (χ2v) is 4.79. The molecule has 3 rings (SSSR count). The number of halogens is 1. The maximum Gasteiger partial charge on any atom is 0.227 e. The number of amides is 1. The minimum absolute atomic E-state index is 0.211. The summed E-state index contributed by atoms with van der Waals surface area (Å²) in [5.74, 6) is 1.02. The molecule has 2 heterocycles. The monoisotopic (exact) mass is 267 g/mol. The van der Waals surface area contributed by atoms with E-state index in [-0.39, 0.29) is 11.9 Å². The molecule has 1 unspecified atom stereocenters. The first-order valence-corrected chi connectivity index (χ1v) is 5.79.